The fourth-order valence-corrected chi connectivity index (χ4v) is 3.07. The molecule has 0 aliphatic rings. The minimum absolute atomic E-state index is 0.138. The van der Waals surface area contributed by atoms with Crippen molar-refractivity contribution in [1.82, 2.24) is 14.2 Å². The fourth-order valence-electron chi connectivity index (χ4n) is 1.98. The number of anilines is 1. The third-order valence-corrected chi connectivity index (χ3v) is 4.35. The van der Waals surface area contributed by atoms with E-state index in [2.05, 4.69) is 31.3 Å². The molecule has 0 radical (unpaired) electrons. The van der Waals surface area contributed by atoms with Gasteiger partial charge in [0.15, 0.2) is 5.76 Å². The monoisotopic (exact) mass is 396 g/mol. The highest BCUT2D eigenvalue weighted by molar-refractivity contribution is 9.10. The van der Waals surface area contributed by atoms with E-state index in [4.69, 9.17) is 4.42 Å². The van der Waals surface area contributed by atoms with Crippen LogP contribution < -0.4 is 5.32 Å². The maximum absolute atomic E-state index is 11.9. The predicted molar refractivity (Wildman–Crippen MR) is 89.4 cm³/mol. The molecular weight excluding hydrogens is 384 g/mol. The van der Waals surface area contributed by atoms with Crippen LogP contribution >= 0.6 is 15.9 Å². The summed E-state index contributed by atoms with van der Waals surface area (Å²) in [6, 6.07) is 11.0. The first-order valence-electron chi connectivity index (χ1n) is 6.63. The highest BCUT2D eigenvalue weighted by Gasteiger charge is 2.19. The molecule has 0 bridgehead atoms. The summed E-state index contributed by atoms with van der Waals surface area (Å²) in [5.74, 6) is 0.744. The average molecular weight is 397 g/mol. The van der Waals surface area contributed by atoms with Gasteiger partial charge in [-0.2, -0.15) is 4.98 Å². The van der Waals surface area contributed by atoms with Gasteiger partial charge in [0.25, 0.3) is 10.0 Å². The summed E-state index contributed by atoms with van der Waals surface area (Å²) in [4.78, 5) is 4.21. The number of nitrogens with zero attached hydrogens (tertiary/aromatic N) is 3. The Morgan fingerprint density at radius 3 is 2.78 bits per heavy atom. The lowest BCUT2D eigenvalue weighted by Crippen LogP contribution is -2.16. The number of hydrogen-bond acceptors (Lipinski definition) is 6. The lowest BCUT2D eigenvalue weighted by molar-refractivity contribution is 0.575. The SMILES string of the molecule is CS(=O)(=O)n1nc(-c2ccco2)nc1NCc1cccc(Br)c1. The second kappa shape index (κ2) is 6.17. The van der Waals surface area contributed by atoms with Crippen molar-refractivity contribution in [3.63, 3.8) is 0 Å². The minimum atomic E-state index is -3.59. The van der Waals surface area contributed by atoms with E-state index < -0.39 is 10.0 Å². The van der Waals surface area contributed by atoms with E-state index in [0.29, 0.717) is 12.3 Å². The van der Waals surface area contributed by atoms with E-state index in [1.54, 1.807) is 12.1 Å². The average Bonchev–Trinajstić information content (AvgIpc) is 3.13. The van der Waals surface area contributed by atoms with Crippen LogP contribution in [0.1, 0.15) is 5.56 Å². The lowest BCUT2D eigenvalue weighted by Gasteiger charge is -2.06. The molecule has 2 aromatic heterocycles. The number of nitrogens with one attached hydrogen (secondary N) is 1. The molecule has 0 fully saturated rings. The number of furan rings is 1. The standard InChI is InChI=1S/C14H13BrN4O3S/c1-23(20,21)19-14(16-9-10-4-2-5-11(15)8-10)17-13(18-19)12-6-3-7-22-12/h2-8H,9H2,1H3,(H,16,17,18). The van der Waals surface area contributed by atoms with Crippen molar-refractivity contribution >= 4 is 31.9 Å². The molecular formula is C14H13BrN4O3S. The van der Waals surface area contributed by atoms with Crippen LogP contribution in [-0.4, -0.2) is 28.8 Å². The van der Waals surface area contributed by atoms with E-state index >= 15 is 0 Å². The van der Waals surface area contributed by atoms with Gasteiger partial charge in [-0.1, -0.05) is 28.1 Å². The van der Waals surface area contributed by atoms with E-state index in [1.165, 1.54) is 6.26 Å². The molecule has 0 amide bonds. The second-order valence-electron chi connectivity index (χ2n) is 4.83. The third kappa shape index (κ3) is 3.62. The molecule has 0 spiro atoms. The molecule has 0 unspecified atom stereocenters. The highest BCUT2D eigenvalue weighted by atomic mass is 79.9. The molecule has 0 saturated heterocycles. The van der Waals surface area contributed by atoms with Gasteiger partial charge in [0.05, 0.1) is 12.5 Å². The first-order valence-corrected chi connectivity index (χ1v) is 9.27. The first kappa shape index (κ1) is 15.8. The lowest BCUT2D eigenvalue weighted by atomic mass is 10.2. The number of halogens is 1. The van der Waals surface area contributed by atoms with Crippen LogP contribution in [0.2, 0.25) is 0 Å². The zero-order chi connectivity index (χ0) is 16.4. The minimum Gasteiger partial charge on any atom is -0.461 e. The van der Waals surface area contributed by atoms with Gasteiger partial charge in [-0.25, -0.2) is 8.42 Å². The van der Waals surface area contributed by atoms with Gasteiger partial charge in [-0.05, 0) is 29.8 Å². The largest absolute Gasteiger partial charge is 0.461 e. The van der Waals surface area contributed by atoms with Crippen molar-refractivity contribution in [2.24, 2.45) is 0 Å². The summed E-state index contributed by atoms with van der Waals surface area (Å²) < 4.78 is 30.8. The molecule has 23 heavy (non-hydrogen) atoms. The van der Waals surface area contributed by atoms with Crippen molar-refractivity contribution in [2.45, 2.75) is 6.54 Å². The Hall–Kier alpha value is -2.13. The van der Waals surface area contributed by atoms with Crippen LogP contribution in [0.15, 0.2) is 51.6 Å². The van der Waals surface area contributed by atoms with Crippen LogP contribution in [0.3, 0.4) is 0 Å². The fraction of sp³-hybridized carbons (Fsp3) is 0.143. The Bertz CT molecular complexity index is 919. The summed E-state index contributed by atoms with van der Waals surface area (Å²) in [6.07, 6.45) is 2.54. The van der Waals surface area contributed by atoms with Gasteiger partial charge < -0.3 is 9.73 Å². The highest BCUT2D eigenvalue weighted by Crippen LogP contribution is 2.20. The zero-order valence-corrected chi connectivity index (χ0v) is 14.5. The van der Waals surface area contributed by atoms with Crippen LogP contribution in [0.4, 0.5) is 5.95 Å². The van der Waals surface area contributed by atoms with Crippen molar-refractivity contribution < 1.29 is 12.8 Å². The van der Waals surface area contributed by atoms with Crippen LogP contribution in [0, 0.1) is 0 Å². The second-order valence-corrected chi connectivity index (χ2v) is 7.55. The Morgan fingerprint density at radius 2 is 2.13 bits per heavy atom. The molecule has 9 heteroatoms. The number of hydrogen-bond donors (Lipinski definition) is 1. The van der Waals surface area contributed by atoms with Crippen molar-refractivity contribution in [2.75, 3.05) is 11.6 Å². The Labute approximate surface area is 141 Å². The molecule has 2 heterocycles. The summed E-state index contributed by atoms with van der Waals surface area (Å²) in [5, 5.41) is 7.00. The molecule has 3 aromatic rings. The summed E-state index contributed by atoms with van der Waals surface area (Å²) in [6.45, 7) is 0.408. The molecule has 0 aliphatic heterocycles. The van der Waals surface area contributed by atoms with Gasteiger partial charge in [0, 0.05) is 11.0 Å². The summed E-state index contributed by atoms with van der Waals surface area (Å²) >= 11 is 3.40. The van der Waals surface area contributed by atoms with Crippen molar-refractivity contribution in [1.29, 1.82) is 0 Å². The Kier molecular flexibility index (Phi) is 4.22. The molecule has 1 aromatic carbocycles. The molecule has 0 atom stereocenters. The summed E-state index contributed by atoms with van der Waals surface area (Å²) in [7, 11) is -3.59. The number of benzene rings is 1. The van der Waals surface area contributed by atoms with E-state index in [0.717, 1.165) is 20.4 Å². The first-order chi connectivity index (χ1) is 10.9. The predicted octanol–water partition coefficient (Wildman–Crippen LogP) is 2.72. The van der Waals surface area contributed by atoms with Crippen LogP contribution in [0.5, 0.6) is 0 Å². The molecule has 1 N–H and O–H groups in total. The molecule has 0 saturated carbocycles. The molecule has 7 nitrogen and oxygen atoms in total. The molecule has 120 valence electrons. The Morgan fingerprint density at radius 1 is 1.30 bits per heavy atom. The number of rotatable bonds is 5. The van der Waals surface area contributed by atoms with E-state index in [9.17, 15) is 8.42 Å². The van der Waals surface area contributed by atoms with Gasteiger partial charge in [0.1, 0.15) is 0 Å². The van der Waals surface area contributed by atoms with Gasteiger partial charge in [-0.3, -0.25) is 0 Å². The molecule has 0 aliphatic carbocycles. The van der Waals surface area contributed by atoms with Gasteiger partial charge in [0.2, 0.25) is 11.8 Å². The van der Waals surface area contributed by atoms with Crippen LogP contribution in [-0.2, 0) is 16.6 Å². The number of aromatic nitrogens is 3. The smallest absolute Gasteiger partial charge is 0.254 e. The maximum Gasteiger partial charge on any atom is 0.254 e. The zero-order valence-electron chi connectivity index (χ0n) is 12.1. The van der Waals surface area contributed by atoms with Crippen molar-refractivity contribution in [3.8, 4) is 11.6 Å². The normalized spacial score (nSPS) is 11.6. The third-order valence-electron chi connectivity index (χ3n) is 2.97. The van der Waals surface area contributed by atoms with Gasteiger partial charge in [-0.15, -0.1) is 9.19 Å². The quantitative estimate of drug-likeness (QED) is 0.712. The Balaban J connectivity index is 1.91. The van der Waals surface area contributed by atoms with Crippen molar-refractivity contribution in [3.05, 3.63) is 52.7 Å². The van der Waals surface area contributed by atoms with E-state index in [1.807, 2.05) is 24.3 Å². The summed E-state index contributed by atoms with van der Waals surface area (Å²) in [5.41, 5.74) is 0.974. The van der Waals surface area contributed by atoms with E-state index in [-0.39, 0.29) is 11.8 Å². The van der Waals surface area contributed by atoms with Gasteiger partial charge >= 0.3 is 0 Å². The topological polar surface area (TPSA) is 90.0 Å². The molecule has 3 rings (SSSR count). The van der Waals surface area contributed by atoms with Crippen LogP contribution in [0.25, 0.3) is 11.6 Å². The maximum atomic E-state index is 11.9.